The second kappa shape index (κ2) is 11.7. The zero-order valence-corrected chi connectivity index (χ0v) is 24.1. The van der Waals surface area contributed by atoms with Crippen LogP contribution in [0.5, 0.6) is 5.75 Å². The zero-order chi connectivity index (χ0) is 28.5. The number of hydrogen-bond acceptors (Lipinski definition) is 6. The van der Waals surface area contributed by atoms with E-state index in [-0.39, 0.29) is 47.4 Å². The molecule has 2 amide bonds. The summed E-state index contributed by atoms with van der Waals surface area (Å²) in [5, 5.41) is 9.87. The van der Waals surface area contributed by atoms with Crippen LogP contribution in [0, 0.1) is 11.8 Å². The maximum absolute atomic E-state index is 13.8. The first-order valence-corrected chi connectivity index (χ1v) is 14.9. The van der Waals surface area contributed by atoms with E-state index in [4.69, 9.17) is 4.74 Å². The number of likely N-dealkylation sites (N-methyl/N-ethyl adjacent to an activating group) is 1. The van der Waals surface area contributed by atoms with E-state index >= 15 is 0 Å². The van der Waals surface area contributed by atoms with Crippen LogP contribution in [0.4, 0.5) is 0 Å². The van der Waals surface area contributed by atoms with Crippen LogP contribution >= 0.6 is 0 Å². The molecule has 0 unspecified atom stereocenters. The molecule has 9 nitrogen and oxygen atoms in total. The Morgan fingerprint density at radius 3 is 2.28 bits per heavy atom. The molecular formula is C29H39N3O6S. The van der Waals surface area contributed by atoms with Crippen molar-refractivity contribution in [2.45, 2.75) is 50.2 Å². The lowest BCUT2D eigenvalue weighted by Crippen LogP contribution is -2.50. The van der Waals surface area contributed by atoms with Gasteiger partial charge in [0.1, 0.15) is 16.7 Å². The molecule has 1 aliphatic heterocycles. The molecular weight excluding hydrogens is 518 g/mol. The average molecular weight is 558 g/mol. The lowest BCUT2D eigenvalue weighted by Gasteiger charge is -2.38. The van der Waals surface area contributed by atoms with Crippen molar-refractivity contribution < 1.29 is 27.9 Å². The molecule has 0 spiro atoms. The standard InChI is InChI=1S/C29H39N3O6S/c1-19-16-32(20(2)18-33)39(36,37)27-14-13-24(21-9-11-23(12-10-21)28(34)30(3)4)15-25(27)38-26(19)17-31(5)29(35)22-7-6-8-22/h9-15,19-20,22,26,33H,6-8,16-18H2,1-5H3/t19-,20+,26+/m1/s1. The number of sulfonamides is 1. The van der Waals surface area contributed by atoms with Gasteiger partial charge in [-0.25, -0.2) is 8.42 Å². The van der Waals surface area contributed by atoms with Crippen LogP contribution in [0.1, 0.15) is 43.5 Å². The fourth-order valence-electron chi connectivity index (χ4n) is 5.01. The minimum absolute atomic E-state index is 0.0239. The minimum atomic E-state index is -3.97. The largest absolute Gasteiger partial charge is 0.487 e. The van der Waals surface area contributed by atoms with E-state index in [0.29, 0.717) is 12.1 Å². The highest BCUT2D eigenvalue weighted by Crippen LogP contribution is 2.37. The van der Waals surface area contributed by atoms with Gasteiger partial charge in [0.25, 0.3) is 5.91 Å². The van der Waals surface area contributed by atoms with E-state index in [0.717, 1.165) is 30.4 Å². The van der Waals surface area contributed by atoms with E-state index in [1.165, 1.54) is 15.3 Å². The van der Waals surface area contributed by atoms with Crippen molar-refractivity contribution in [3.8, 4) is 16.9 Å². The molecule has 0 bridgehead atoms. The van der Waals surface area contributed by atoms with E-state index in [2.05, 4.69) is 0 Å². The average Bonchev–Trinajstić information content (AvgIpc) is 2.88. The summed E-state index contributed by atoms with van der Waals surface area (Å²) in [6.07, 6.45) is 2.40. The van der Waals surface area contributed by atoms with E-state index in [9.17, 15) is 23.1 Å². The number of aliphatic hydroxyl groups excluding tert-OH is 1. The predicted molar refractivity (Wildman–Crippen MR) is 149 cm³/mol. The molecule has 1 heterocycles. The maximum atomic E-state index is 13.8. The molecule has 1 saturated carbocycles. The Morgan fingerprint density at radius 2 is 1.72 bits per heavy atom. The quantitative estimate of drug-likeness (QED) is 0.561. The summed E-state index contributed by atoms with van der Waals surface area (Å²) in [5.41, 5.74) is 2.09. The molecule has 2 aliphatic rings. The summed E-state index contributed by atoms with van der Waals surface area (Å²) in [4.78, 5) is 28.4. The van der Waals surface area contributed by atoms with Gasteiger partial charge in [0.15, 0.2) is 0 Å². The molecule has 212 valence electrons. The van der Waals surface area contributed by atoms with Crippen LogP contribution < -0.4 is 4.74 Å². The summed E-state index contributed by atoms with van der Waals surface area (Å²) >= 11 is 0. The number of carbonyl (C=O) groups is 2. The molecule has 0 radical (unpaired) electrons. The minimum Gasteiger partial charge on any atom is -0.487 e. The van der Waals surface area contributed by atoms with Crippen molar-refractivity contribution in [2.24, 2.45) is 11.8 Å². The molecule has 0 saturated heterocycles. The van der Waals surface area contributed by atoms with E-state index in [1.54, 1.807) is 57.2 Å². The van der Waals surface area contributed by atoms with Crippen molar-refractivity contribution in [3.05, 3.63) is 48.0 Å². The molecule has 1 fully saturated rings. The van der Waals surface area contributed by atoms with Gasteiger partial charge in [-0.05, 0) is 55.2 Å². The number of amides is 2. The van der Waals surface area contributed by atoms with Crippen LogP contribution in [-0.2, 0) is 14.8 Å². The summed E-state index contributed by atoms with van der Waals surface area (Å²) in [6, 6.07) is 11.5. The Bertz CT molecular complexity index is 1310. The molecule has 10 heteroatoms. The molecule has 0 aromatic heterocycles. The van der Waals surface area contributed by atoms with Gasteiger partial charge in [0, 0.05) is 51.1 Å². The van der Waals surface area contributed by atoms with Gasteiger partial charge in [0.05, 0.1) is 13.2 Å². The lowest BCUT2D eigenvalue weighted by atomic mass is 9.84. The van der Waals surface area contributed by atoms with Crippen molar-refractivity contribution in [1.29, 1.82) is 0 Å². The smallest absolute Gasteiger partial charge is 0.253 e. The molecule has 4 rings (SSSR count). The van der Waals surface area contributed by atoms with Gasteiger partial charge >= 0.3 is 0 Å². The number of carbonyl (C=O) groups excluding carboxylic acids is 2. The molecule has 2 aromatic rings. The summed E-state index contributed by atoms with van der Waals surface area (Å²) < 4.78 is 35.3. The Hall–Kier alpha value is -2.95. The Labute approximate surface area is 231 Å². The number of nitrogens with zero attached hydrogens (tertiary/aromatic N) is 3. The summed E-state index contributed by atoms with van der Waals surface area (Å²) in [6.45, 7) is 3.75. The first-order chi connectivity index (χ1) is 18.4. The zero-order valence-electron chi connectivity index (χ0n) is 23.3. The summed E-state index contributed by atoms with van der Waals surface area (Å²) in [5.74, 6) is -0.0136. The van der Waals surface area contributed by atoms with Crippen molar-refractivity contribution in [2.75, 3.05) is 40.8 Å². The van der Waals surface area contributed by atoms with Gasteiger partial charge in [-0.1, -0.05) is 31.5 Å². The van der Waals surface area contributed by atoms with Gasteiger partial charge in [-0.15, -0.1) is 0 Å². The Kier molecular flexibility index (Phi) is 8.68. The van der Waals surface area contributed by atoms with Crippen LogP contribution in [-0.4, -0.2) is 92.4 Å². The fraction of sp³-hybridized carbons (Fsp3) is 0.517. The molecule has 1 aliphatic carbocycles. The van der Waals surface area contributed by atoms with Crippen LogP contribution in [0.2, 0.25) is 0 Å². The first kappa shape index (κ1) is 29.0. The molecule has 39 heavy (non-hydrogen) atoms. The monoisotopic (exact) mass is 557 g/mol. The number of fused-ring (bicyclic) bond motifs is 1. The lowest BCUT2D eigenvalue weighted by molar-refractivity contribution is -0.138. The Morgan fingerprint density at radius 1 is 1.08 bits per heavy atom. The third-order valence-corrected chi connectivity index (χ3v) is 9.84. The van der Waals surface area contributed by atoms with Crippen molar-refractivity contribution in [3.63, 3.8) is 0 Å². The highest BCUT2D eigenvalue weighted by atomic mass is 32.2. The third-order valence-electron chi connectivity index (χ3n) is 7.82. The number of ether oxygens (including phenoxy) is 1. The predicted octanol–water partition coefficient (Wildman–Crippen LogP) is 3.08. The molecule has 2 aromatic carbocycles. The van der Waals surface area contributed by atoms with Crippen molar-refractivity contribution in [1.82, 2.24) is 14.1 Å². The van der Waals surface area contributed by atoms with E-state index in [1.807, 2.05) is 19.1 Å². The van der Waals surface area contributed by atoms with Crippen LogP contribution in [0.25, 0.3) is 11.1 Å². The first-order valence-electron chi connectivity index (χ1n) is 13.4. The number of rotatable bonds is 7. The van der Waals surface area contributed by atoms with Gasteiger partial charge in [0.2, 0.25) is 15.9 Å². The van der Waals surface area contributed by atoms with Crippen LogP contribution in [0.15, 0.2) is 47.4 Å². The summed E-state index contributed by atoms with van der Waals surface area (Å²) in [7, 11) is 1.19. The molecule has 1 N–H and O–H groups in total. The maximum Gasteiger partial charge on any atom is 0.253 e. The van der Waals surface area contributed by atoms with Gasteiger partial charge in [-0.3, -0.25) is 9.59 Å². The number of aliphatic hydroxyl groups is 1. The topological polar surface area (TPSA) is 107 Å². The highest BCUT2D eigenvalue weighted by molar-refractivity contribution is 7.89. The van der Waals surface area contributed by atoms with Crippen LogP contribution in [0.3, 0.4) is 0 Å². The number of hydrogen-bond donors (Lipinski definition) is 1. The van der Waals surface area contributed by atoms with Gasteiger partial charge < -0.3 is 19.6 Å². The highest BCUT2D eigenvalue weighted by Gasteiger charge is 2.39. The Balaban J connectivity index is 1.72. The molecule has 3 atom stereocenters. The van der Waals surface area contributed by atoms with Gasteiger partial charge in [-0.2, -0.15) is 4.31 Å². The number of benzene rings is 2. The third kappa shape index (κ3) is 5.97. The van der Waals surface area contributed by atoms with Crippen molar-refractivity contribution >= 4 is 21.8 Å². The fourth-order valence-corrected chi connectivity index (χ4v) is 6.84. The van der Waals surface area contributed by atoms with E-state index < -0.39 is 22.2 Å². The second-order valence-corrected chi connectivity index (χ2v) is 12.9. The normalized spacial score (nSPS) is 21.9. The SMILES string of the molecule is C[C@@H]1CN([C@@H](C)CO)S(=O)(=O)c2ccc(-c3ccc(C(=O)N(C)C)cc3)cc2O[C@H]1CN(C)C(=O)C1CCC1. The second-order valence-electron chi connectivity index (χ2n) is 11.0.